The summed E-state index contributed by atoms with van der Waals surface area (Å²) in [5, 5.41) is 9.31. The molecule has 1 aliphatic heterocycles. The van der Waals surface area contributed by atoms with Crippen LogP contribution in [-0.4, -0.2) is 22.7 Å². The summed E-state index contributed by atoms with van der Waals surface area (Å²) in [7, 11) is 0. The molecule has 1 aromatic heterocycles. The predicted octanol–water partition coefficient (Wildman–Crippen LogP) is 3.47. The second kappa shape index (κ2) is 6.28. The van der Waals surface area contributed by atoms with E-state index in [9.17, 15) is 9.90 Å². The Morgan fingerprint density at radius 3 is 2.95 bits per heavy atom. The maximum absolute atomic E-state index is 11.3. The van der Waals surface area contributed by atoms with Gasteiger partial charge in [0.15, 0.2) is 0 Å². The van der Waals surface area contributed by atoms with Gasteiger partial charge in [0.05, 0.1) is 12.0 Å². The first-order chi connectivity index (χ1) is 10.7. The van der Waals surface area contributed by atoms with E-state index >= 15 is 0 Å². The van der Waals surface area contributed by atoms with Gasteiger partial charge in [0, 0.05) is 30.1 Å². The fraction of sp³-hybridized carbons (Fsp3) is 0.333. The predicted molar refractivity (Wildman–Crippen MR) is 83.5 cm³/mol. The number of ether oxygens (including phenoxy) is 1. The van der Waals surface area contributed by atoms with Crippen LogP contribution in [-0.2, 0) is 16.0 Å². The Bertz CT molecular complexity index is 684. The number of aromatic nitrogens is 1. The molecule has 0 unspecified atom stereocenters. The Balaban J connectivity index is 1.98. The van der Waals surface area contributed by atoms with Crippen LogP contribution in [0.5, 0.6) is 0 Å². The molecule has 1 fully saturated rings. The number of benzene rings is 1. The highest BCUT2D eigenvalue weighted by molar-refractivity contribution is 5.72. The lowest BCUT2D eigenvalue weighted by atomic mass is 9.93. The molecule has 0 radical (unpaired) electrons. The summed E-state index contributed by atoms with van der Waals surface area (Å²) in [6, 6.07) is 10.2. The summed E-state index contributed by atoms with van der Waals surface area (Å²) in [6.07, 6.45) is 4.62. The first kappa shape index (κ1) is 14.7. The molecule has 2 atom stereocenters. The van der Waals surface area contributed by atoms with Gasteiger partial charge in [-0.3, -0.25) is 9.78 Å². The maximum atomic E-state index is 11.3. The van der Waals surface area contributed by atoms with E-state index < -0.39 is 18.0 Å². The second-order valence-corrected chi connectivity index (χ2v) is 5.54. The van der Waals surface area contributed by atoms with Gasteiger partial charge in [0.2, 0.25) is 0 Å². The van der Waals surface area contributed by atoms with Crippen LogP contribution < -0.4 is 0 Å². The first-order valence-electron chi connectivity index (χ1n) is 7.58. The highest BCUT2D eigenvalue weighted by Crippen LogP contribution is 2.36. The Kier molecular flexibility index (Phi) is 4.20. The van der Waals surface area contributed by atoms with Crippen molar-refractivity contribution < 1.29 is 14.6 Å². The van der Waals surface area contributed by atoms with Gasteiger partial charge in [-0.25, -0.2) is 0 Å². The Hall–Kier alpha value is -2.20. The van der Waals surface area contributed by atoms with Crippen LogP contribution in [0.2, 0.25) is 0 Å². The molecule has 0 spiro atoms. The molecular weight excluding hydrogens is 278 g/mol. The summed E-state index contributed by atoms with van der Waals surface area (Å²) in [5.74, 6) is -1.29. The quantitative estimate of drug-likeness (QED) is 0.938. The monoisotopic (exact) mass is 297 g/mol. The zero-order chi connectivity index (χ0) is 15.5. The van der Waals surface area contributed by atoms with Gasteiger partial charge in [0.25, 0.3) is 0 Å². The summed E-state index contributed by atoms with van der Waals surface area (Å²) in [5.41, 5.74) is 4.25. The van der Waals surface area contributed by atoms with Gasteiger partial charge < -0.3 is 9.84 Å². The third-order valence-electron chi connectivity index (χ3n) is 4.21. The van der Waals surface area contributed by atoms with Crippen molar-refractivity contribution in [2.75, 3.05) is 6.61 Å². The average molecular weight is 297 g/mol. The Labute approximate surface area is 129 Å². The van der Waals surface area contributed by atoms with Crippen molar-refractivity contribution in [3.8, 4) is 11.1 Å². The number of nitrogens with zero attached hydrogens (tertiary/aromatic N) is 1. The van der Waals surface area contributed by atoms with Crippen LogP contribution in [0.25, 0.3) is 11.1 Å². The minimum absolute atomic E-state index is 0.404. The number of carbonyl (C=O) groups is 1. The third-order valence-corrected chi connectivity index (χ3v) is 4.21. The van der Waals surface area contributed by atoms with Crippen LogP contribution in [0.1, 0.15) is 30.6 Å². The molecule has 4 nitrogen and oxygen atoms in total. The molecule has 0 bridgehead atoms. The first-order valence-corrected chi connectivity index (χ1v) is 7.58. The lowest BCUT2D eigenvalue weighted by Gasteiger charge is -2.16. The molecule has 1 aliphatic rings. The molecular formula is C18H19NO3. The van der Waals surface area contributed by atoms with Gasteiger partial charge in [-0.05, 0) is 30.0 Å². The maximum Gasteiger partial charge on any atom is 0.309 e. The van der Waals surface area contributed by atoms with Crippen molar-refractivity contribution in [3.63, 3.8) is 0 Å². The zero-order valence-electron chi connectivity index (χ0n) is 12.5. The third kappa shape index (κ3) is 2.74. The van der Waals surface area contributed by atoms with Crippen molar-refractivity contribution in [1.82, 2.24) is 4.98 Å². The van der Waals surface area contributed by atoms with E-state index in [2.05, 4.69) is 24.0 Å². The number of carboxylic acid groups (broad SMARTS) is 1. The van der Waals surface area contributed by atoms with E-state index in [0.717, 1.165) is 23.1 Å². The highest BCUT2D eigenvalue weighted by Gasteiger charge is 2.35. The van der Waals surface area contributed by atoms with E-state index in [1.807, 2.05) is 24.4 Å². The van der Waals surface area contributed by atoms with Crippen LogP contribution in [0.3, 0.4) is 0 Å². The van der Waals surface area contributed by atoms with Crippen LogP contribution in [0, 0.1) is 5.92 Å². The number of hydrogen-bond acceptors (Lipinski definition) is 3. The number of aryl methyl sites for hydroxylation is 1. The summed E-state index contributed by atoms with van der Waals surface area (Å²) in [6.45, 7) is 2.61. The SMILES string of the molecule is CCc1ccccc1-c1cncc([C@@H]2OCC[C@H]2C(=O)O)c1. The summed E-state index contributed by atoms with van der Waals surface area (Å²) >= 11 is 0. The van der Waals surface area contributed by atoms with Crippen molar-refractivity contribution >= 4 is 5.97 Å². The lowest BCUT2D eigenvalue weighted by molar-refractivity contribution is -0.143. The molecule has 22 heavy (non-hydrogen) atoms. The summed E-state index contributed by atoms with van der Waals surface area (Å²) < 4.78 is 5.64. The number of aliphatic carboxylic acids is 1. The van der Waals surface area contributed by atoms with Crippen molar-refractivity contribution in [3.05, 3.63) is 53.9 Å². The molecule has 1 saturated heterocycles. The van der Waals surface area contributed by atoms with Crippen molar-refractivity contribution in [1.29, 1.82) is 0 Å². The van der Waals surface area contributed by atoms with E-state index in [1.165, 1.54) is 5.56 Å². The van der Waals surface area contributed by atoms with E-state index in [4.69, 9.17) is 4.74 Å². The fourth-order valence-electron chi connectivity index (χ4n) is 3.04. The Morgan fingerprint density at radius 1 is 1.36 bits per heavy atom. The number of pyridine rings is 1. The van der Waals surface area contributed by atoms with Crippen LogP contribution in [0.15, 0.2) is 42.7 Å². The largest absolute Gasteiger partial charge is 0.481 e. The topological polar surface area (TPSA) is 59.4 Å². The van der Waals surface area contributed by atoms with Gasteiger partial charge in [-0.1, -0.05) is 31.2 Å². The number of carboxylic acids is 1. The van der Waals surface area contributed by atoms with Crippen molar-refractivity contribution in [2.24, 2.45) is 5.92 Å². The number of rotatable bonds is 4. The van der Waals surface area contributed by atoms with Crippen LogP contribution >= 0.6 is 0 Å². The van der Waals surface area contributed by atoms with E-state index in [-0.39, 0.29) is 0 Å². The molecule has 3 rings (SSSR count). The van der Waals surface area contributed by atoms with E-state index in [1.54, 1.807) is 6.20 Å². The van der Waals surface area contributed by atoms with Crippen LogP contribution in [0.4, 0.5) is 0 Å². The molecule has 4 heteroatoms. The van der Waals surface area contributed by atoms with E-state index in [0.29, 0.717) is 13.0 Å². The molecule has 1 aromatic carbocycles. The molecule has 2 heterocycles. The van der Waals surface area contributed by atoms with Gasteiger partial charge in [-0.2, -0.15) is 0 Å². The average Bonchev–Trinajstić information content (AvgIpc) is 3.05. The smallest absolute Gasteiger partial charge is 0.309 e. The Morgan fingerprint density at radius 2 is 2.18 bits per heavy atom. The minimum Gasteiger partial charge on any atom is -0.481 e. The van der Waals surface area contributed by atoms with Gasteiger partial charge in [0.1, 0.15) is 0 Å². The van der Waals surface area contributed by atoms with Crippen molar-refractivity contribution in [2.45, 2.75) is 25.9 Å². The lowest BCUT2D eigenvalue weighted by Crippen LogP contribution is -2.17. The number of hydrogen-bond donors (Lipinski definition) is 1. The zero-order valence-corrected chi connectivity index (χ0v) is 12.5. The minimum atomic E-state index is -0.804. The molecule has 2 aromatic rings. The molecule has 0 amide bonds. The fourth-order valence-corrected chi connectivity index (χ4v) is 3.04. The normalized spacial score (nSPS) is 21.0. The second-order valence-electron chi connectivity index (χ2n) is 5.54. The molecule has 1 N–H and O–H groups in total. The highest BCUT2D eigenvalue weighted by atomic mass is 16.5. The van der Waals surface area contributed by atoms with Gasteiger partial charge >= 0.3 is 5.97 Å². The molecule has 0 saturated carbocycles. The standard InChI is InChI=1S/C18H19NO3/c1-2-12-5-3-4-6-15(12)13-9-14(11-19-10-13)17-16(18(20)21)7-8-22-17/h3-6,9-11,16-17H,2,7-8H2,1H3,(H,20,21)/t16-,17+/m1/s1. The molecule has 0 aliphatic carbocycles. The summed E-state index contributed by atoms with van der Waals surface area (Å²) in [4.78, 5) is 15.6. The van der Waals surface area contributed by atoms with Gasteiger partial charge in [-0.15, -0.1) is 0 Å². The molecule has 114 valence electrons.